The number of nitrogens with zero attached hydrogens (tertiary/aromatic N) is 4. The zero-order valence-electron chi connectivity index (χ0n) is 19.0. The van der Waals surface area contributed by atoms with Crippen molar-refractivity contribution >= 4 is 29.1 Å². The molecule has 0 saturated heterocycles. The van der Waals surface area contributed by atoms with Crippen LogP contribution in [0.1, 0.15) is 40.5 Å². The molecule has 2 amide bonds. The molecule has 36 heavy (non-hydrogen) atoms. The Hall–Kier alpha value is -4.42. The van der Waals surface area contributed by atoms with Gasteiger partial charge in [0.25, 0.3) is 5.91 Å². The molecule has 1 aromatic carbocycles. The average Bonchev–Trinajstić information content (AvgIpc) is 3.47. The van der Waals surface area contributed by atoms with E-state index in [9.17, 15) is 22.8 Å². The number of alkyl halides is 3. The number of carbonyl (C=O) groups excluding carboxylic acids is 2. The van der Waals surface area contributed by atoms with E-state index in [2.05, 4.69) is 30.1 Å². The monoisotopic (exact) mass is 500 g/mol. The molecule has 0 spiro atoms. The van der Waals surface area contributed by atoms with Gasteiger partial charge >= 0.3 is 6.18 Å². The van der Waals surface area contributed by atoms with Gasteiger partial charge in [-0.25, -0.2) is 9.50 Å². The van der Waals surface area contributed by atoms with Crippen LogP contribution in [-0.4, -0.2) is 31.4 Å². The maximum Gasteiger partial charge on any atom is 0.452 e. The lowest BCUT2D eigenvalue weighted by molar-refractivity contribution is -0.153. The number of halogens is 3. The minimum Gasteiger partial charge on any atom is -0.456 e. The molecule has 13 heteroatoms. The smallest absolute Gasteiger partial charge is 0.452 e. The standard InChI is InChI=1S/C23H19F3N6O4/c1-11-3-6-14(9-16(11)28-21(34)18-19(23(24,25)26)35-12(2)27-18)36-15-7-8-17-29-22(31-32(17)10-15)30-20(33)13-4-5-13/h3,6-10,13H,4-5H2,1-2H3,(H,28,34)(H,30,31,33). The van der Waals surface area contributed by atoms with Gasteiger partial charge in [-0.1, -0.05) is 6.07 Å². The second-order valence-electron chi connectivity index (χ2n) is 8.31. The highest BCUT2D eigenvalue weighted by Gasteiger charge is 2.41. The van der Waals surface area contributed by atoms with Crippen LogP contribution >= 0.6 is 0 Å². The number of aromatic nitrogens is 4. The van der Waals surface area contributed by atoms with Crippen molar-refractivity contribution in [2.24, 2.45) is 5.92 Å². The number of nitrogens with one attached hydrogen (secondary N) is 2. The van der Waals surface area contributed by atoms with E-state index in [4.69, 9.17) is 4.74 Å². The Labute approximate surface area is 201 Å². The largest absolute Gasteiger partial charge is 0.456 e. The van der Waals surface area contributed by atoms with E-state index in [1.165, 1.54) is 17.5 Å². The van der Waals surface area contributed by atoms with Crippen molar-refractivity contribution in [1.82, 2.24) is 19.6 Å². The summed E-state index contributed by atoms with van der Waals surface area (Å²) < 4.78 is 51.5. The number of hydrogen-bond acceptors (Lipinski definition) is 7. The summed E-state index contributed by atoms with van der Waals surface area (Å²) in [5, 5.41) is 9.34. The molecule has 186 valence electrons. The summed E-state index contributed by atoms with van der Waals surface area (Å²) in [6.07, 6.45) is -1.59. The number of ether oxygens (including phenoxy) is 1. The summed E-state index contributed by atoms with van der Waals surface area (Å²) >= 11 is 0. The quantitative estimate of drug-likeness (QED) is 0.392. The number of benzene rings is 1. The first-order chi connectivity index (χ1) is 17.1. The Bertz CT molecular complexity index is 1490. The predicted octanol–water partition coefficient (Wildman–Crippen LogP) is 4.75. The summed E-state index contributed by atoms with van der Waals surface area (Å²) in [6, 6.07) is 8.04. The Kier molecular flexibility index (Phi) is 5.61. The van der Waals surface area contributed by atoms with Crippen LogP contribution < -0.4 is 15.4 Å². The number of anilines is 2. The predicted molar refractivity (Wildman–Crippen MR) is 120 cm³/mol. The molecule has 1 aliphatic carbocycles. The number of carbonyl (C=O) groups is 2. The molecule has 1 aliphatic rings. The van der Waals surface area contributed by atoms with Crippen molar-refractivity contribution in [3.05, 3.63) is 59.4 Å². The molecule has 4 aromatic rings. The topological polar surface area (TPSA) is 124 Å². The molecule has 0 atom stereocenters. The van der Waals surface area contributed by atoms with Crippen molar-refractivity contribution in [3.63, 3.8) is 0 Å². The van der Waals surface area contributed by atoms with Crippen molar-refractivity contribution < 1.29 is 31.9 Å². The van der Waals surface area contributed by atoms with Crippen molar-refractivity contribution in [1.29, 1.82) is 0 Å². The fraction of sp³-hybridized carbons (Fsp3) is 0.261. The van der Waals surface area contributed by atoms with E-state index >= 15 is 0 Å². The zero-order chi connectivity index (χ0) is 25.6. The first kappa shape index (κ1) is 23.3. The first-order valence-corrected chi connectivity index (χ1v) is 10.9. The van der Waals surface area contributed by atoms with Crippen molar-refractivity contribution in [2.45, 2.75) is 32.9 Å². The van der Waals surface area contributed by atoms with Crippen LogP contribution in [-0.2, 0) is 11.0 Å². The summed E-state index contributed by atoms with van der Waals surface area (Å²) in [7, 11) is 0. The highest BCUT2D eigenvalue weighted by molar-refractivity contribution is 6.04. The number of oxazole rings is 1. The molecular weight excluding hydrogens is 481 g/mol. The fourth-order valence-corrected chi connectivity index (χ4v) is 3.43. The van der Waals surface area contributed by atoms with Crippen molar-refractivity contribution in [2.75, 3.05) is 10.6 Å². The molecule has 0 radical (unpaired) electrons. The van der Waals surface area contributed by atoms with E-state index in [0.717, 1.165) is 12.8 Å². The van der Waals surface area contributed by atoms with Crippen LogP contribution in [0.15, 0.2) is 40.9 Å². The number of hydrogen-bond donors (Lipinski definition) is 2. The van der Waals surface area contributed by atoms with Gasteiger partial charge in [0.15, 0.2) is 17.2 Å². The molecule has 1 fully saturated rings. The van der Waals surface area contributed by atoms with Gasteiger partial charge in [0, 0.05) is 24.6 Å². The lowest BCUT2D eigenvalue weighted by Gasteiger charge is -2.12. The minimum absolute atomic E-state index is 0.0140. The minimum atomic E-state index is -4.87. The second-order valence-corrected chi connectivity index (χ2v) is 8.31. The van der Waals surface area contributed by atoms with E-state index in [1.807, 2.05) is 0 Å². The Balaban J connectivity index is 1.33. The van der Waals surface area contributed by atoms with Gasteiger partial charge in [-0.15, -0.1) is 5.10 Å². The highest BCUT2D eigenvalue weighted by Crippen LogP contribution is 2.34. The zero-order valence-corrected chi connectivity index (χ0v) is 19.0. The van der Waals surface area contributed by atoms with Gasteiger partial charge in [-0.05, 0) is 43.5 Å². The van der Waals surface area contributed by atoms with E-state index in [0.29, 0.717) is 22.7 Å². The van der Waals surface area contributed by atoms with Gasteiger partial charge in [-0.2, -0.15) is 18.2 Å². The number of rotatable bonds is 6. The SMILES string of the molecule is Cc1nc(C(=O)Nc2cc(Oc3ccc4nc(NC(=O)C5CC5)nn4c3)ccc2C)c(C(F)(F)F)o1. The molecule has 0 aliphatic heterocycles. The molecule has 1 saturated carbocycles. The maximum absolute atomic E-state index is 13.2. The molecule has 0 unspecified atom stereocenters. The number of amides is 2. The van der Waals surface area contributed by atoms with Crippen LogP contribution in [0.2, 0.25) is 0 Å². The normalized spacial score (nSPS) is 13.6. The Morgan fingerprint density at radius 3 is 2.56 bits per heavy atom. The van der Waals surface area contributed by atoms with Gasteiger partial charge in [0.1, 0.15) is 11.5 Å². The van der Waals surface area contributed by atoms with Gasteiger partial charge in [0.2, 0.25) is 17.6 Å². The lowest BCUT2D eigenvalue weighted by Crippen LogP contribution is -2.18. The molecule has 3 heterocycles. The van der Waals surface area contributed by atoms with E-state index in [1.54, 1.807) is 37.4 Å². The third-order valence-corrected chi connectivity index (χ3v) is 5.39. The van der Waals surface area contributed by atoms with E-state index < -0.39 is 23.5 Å². The summed E-state index contributed by atoms with van der Waals surface area (Å²) in [6.45, 7) is 2.90. The highest BCUT2D eigenvalue weighted by atomic mass is 19.4. The Morgan fingerprint density at radius 1 is 1.08 bits per heavy atom. The maximum atomic E-state index is 13.2. The number of pyridine rings is 1. The lowest BCUT2D eigenvalue weighted by atomic mass is 10.2. The fourth-order valence-electron chi connectivity index (χ4n) is 3.43. The summed E-state index contributed by atoms with van der Waals surface area (Å²) in [5.41, 5.74) is 0.464. The van der Waals surface area contributed by atoms with Crippen LogP contribution in [0.25, 0.3) is 5.65 Å². The molecule has 0 bridgehead atoms. The van der Waals surface area contributed by atoms with Gasteiger partial charge in [0.05, 0.1) is 6.20 Å². The molecule has 5 rings (SSSR count). The third-order valence-electron chi connectivity index (χ3n) is 5.39. The van der Waals surface area contributed by atoms with Gasteiger partial charge in [-0.3, -0.25) is 14.9 Å². The van der Waals surface area contributed by atoms with Gasteiger partial charge < -0.3 is 14.5 Å². The van der Waals surface area contributed by atoms with Crippen LogP contribution in [0.3, 0.4) is 0 Å². The molecule has 3 aromatic heterocycles. The average molecular weight is 500 g/mol. The van der Waals surface area contributed by atoms with Crippen LogP contribution in [0, 0.1) is 19.8 Å². The van der Waals surface area contributed by atoms with E-state index in [-0.39, 0.29) is 29.4 Å². The molecule has 2 N–H and O–H groups in total. The number of aryl methyl sites for hydroxylation is 2. The summed E-state index contributed by atoms with van der Waals surface area (Å²) in [5.74, 6) is -2.03. The van der Waals surface area contributed by atoms with Crippen LogP contribution in [0.5, 0.6) is 11.5 Å². The first-order valence-electron chi connectivity index (χ1n) is 10.9. The second kappa shape index (κ2) is 8.66. The summed E-state index contributed by atoms with van der Waals surface area (Å²) in [4.78, 5) is 32.3. The molecule has 10 nitrogen and oxygen atoms in total. The van der Waals surface area contributed by atoms with Crippen LogP contribution in [0.4, 0.5) is 24.8 Å². The van der Waals surface area contributed by atoms with Crippen molar-refractivity contribution in [3.8, 4) is 11.5 Å². The third kappa shape index (κ3) is 4.85. The number of fused-ring (bicyclic) bond motifs is 1. The Morgan fingerprint density at radius 2 is 1.83 bits per heavy atom. The molecular formula is C23H19F3N6O4.